The number of hydrogen-bond acceptors (Lipinski definition) is 7. The molecule has 0 bridgehead atoms. The topological polar surface area (TPSA) is 147 Å². The number of carbonyl (C=O) groups is 5. The van der Waals surface area contributed by atoms with Gasteiger partial charge in [0.25, 0.3) is 11.8 Å². The highest BCUT2D eigenvalue weighted by Crippen LogP contribution is 2.33. The third-order valence-corrected chi connectivity index (χ3v) is 5.56. The van der Waals surface area contributed by atoms with Crippen LogP contribution in [0.2, 0.25) is 0 Å². The zero-order valence-electron chi connectivity index (χ0n) is 17.8. The highest BCUT2D eigenvalue weighted by molar-refractivity contribution is 6.08. The van der Waals surface area contributed by atoms with Crippen LogP contribution in [0, 0.1) is 13.8 Å². The maximum absolute atomic E-state index is 12.7. The van der Waals surface area contributed by atoms with Gasteiger partial charge in [-0.25, -0.2) is 14.4 Å². The Hall–Kier alpha value is -3.37. The van der Waals surface area contributed by atoms with Gasteiger partial charge < -0.3 is 19.8 Å². The molecule has 2 fully saturated rings. The molecule has 1 aliphatic heterocycles. The van der Waals surface area contributed by atoms with Gasteiger partial charge in [-0.05, 0) is 39.2 Å². The van der Waals surface area contributed by atoms with Crippen LogP contribution in [0.1, 0.15) is 71.1 Å². The monoisotopic (exact) mass is 434 g/mol. The van der Waals surface area contributed by atoms with Crippen LogP contribution in [0.25, 0.3) is 0 Å². The van der Waals surface area contributed by atoms with Crippen LogP contribution in [-0.4, -0.2) is 58.5 Å². The van der Waals surface area contributed by atoms with Crippen molar-refractivity contribution in [1.82, 2.24) is 20.7 Å². The number of carbonyl (C=O) groups excluding carboxylic acids is 5. The van der Waals surface area contributed by atoms with E-state index in [4.69, 9.17) is 9.47 Å². The molecule has 2 aliphatic rings. The van der Waals surface area contributed by atoms with Gasteiger partial charge in [0.1, 0.15) is 11.2 Å². The molecule has 3 N–H and O–H groups in total. The third kappa shape index (κ3) is 4.25. The highest BCUT2D eigenvalue weighted by Gasteiger charge is 2.52. The standard InChI is InChI=1S/C20H26N4O7/c1-4-30-16(26)14-11(2)15(21-12(14)3)17(27)31-10-13(25)23-24-18(28)20(22-19(24)29)8-6-5-7-9-20/h21H,4-10H2,1-3H3,(H,22,29)(H,23,25). The largest absolute Gasteiger partial charge is 0.462 e. The summed E-state index contributed by atoms with van der Waals surface area (Å²) < 4.78 is 9.96. The van der Waals surface area contributed by atoms with Crippen molar-refractivity contribution in [3.63, 3.8) is 0 Å². The zero-order chi connectivity index (χ0) is 22.8. The van der Waals surface area contributed by atoms with Gasteiger partial charge in [-0.2, -0.15) is 5.01 Å². The fourth-order valence-corrected chi connectivity index (χ4v) is 4.04. The van der Waals surface area contributed by atoms with Crippen LogP contribution in [0.15, 0.2) is 0 Å². The number of rotatable bonds is 6. The second-order valence-electron chi connectivity index (χ2n) is 7.67. The number of amides is 4. The fraction of sp³-hybridized carbons (Fsp3) is 0.550. The highest BCUT2D eigenvalue weighted by atomic mass is 16.5. The first-order valence-electron chi connectivity index (χ1n) is 10.2. The zero-order valence-corrected chi connectivity index (χ0v) is 17.8. The second-order valence-corrected chi connectivity index (χ2v) is 7.67. The summed E-state index contributed by atoms with van der Waals surface area (Å²) in [5.74, 6) is -2.77. The Bertz CT molecular complexity index is 930. The molecular weight excluding hydrogens is 408 g/mol. The second kappa shape index (κ2) is 8.78. The van der Waals surface area contributed by atoms with E-state index in [9.17, 15) is 24.0 Å². The van der Waals surface area contributed by atoms with Gasteiger partial charge in [0.05, 0.1) is 12.2 Å². The predicted octanol–water partition coefficient (Wildman–Crippen LogP) is 1.25. The number of nitrogens with zero attached hydrogens (tertiary/aromatic N) is 1. The molecule has 0 atom stereocenters. The molecule has 31 heavy (non-hydrogen) atoms. The van der Waals surface area contributed by atoms with Crippen LogP contribution in [0.5, 0.6) is 0 Å². The summed E-state index contributed by atoms with van der Waals surface area (Å²) >= 11 is 0. The van der Waals surface area contributed by atoms with E-state index in [0.29, 0.717) is 29.1 Å². The van der Waals surface area contributed by atoms with Crippen LogP contribution >= 0.6 is 0 Å². The molecule has 1 aromatic heterocycles. The molecule has 0 aromatic carbocycles. The van der Waals surface area contributed by atoms with Gasteiger partial charge in [0.15, 0.2) is 6.61 Å². The smallest absolute Gasteiger partial charge is 0.355 e. The summed E-state index contributed by atoms with van der Waals surface area (Å²) in [5.41, 5.74) is 2.25. The number of esters is 2. The summed E-state index contributed by atoms with van der Waals surface area (Å²) in [6, 6.07) is -0.707. The Kier molecular flexibility index (Phi) is 6.32. The van der Waals surface area contributed by atoms with Crippen molar-refractivity contribution in [2.24, 2.45) is 0 Å². The molecule has 11 heteroatoms. The molecule has 3 rings (SSSR count). The van der Waals surface area contributed by atoms with Crippen LogP contribution in [-0.2, 0) is 19.1 Å². The Morgan fingerprint density at radius 3 is 2.39 bits per heavy atom. The summed E-state index contributed by atoms with van der Waals surface area (Å²) in [4.78, 5) is 64.2. The molecule has 2 heterocycles. The van der Waals surface area contributed by atoms with E-state index >= 15 is 0 Å². The first-order chi connectivity index (χ1) is 14.7. The number of imide groups is 1. The van der Waals surface area contributed by atoms with Crippen molar-refractivity contribution in [2.75, 3.05) is 13.2 Å². The van der Waals surface area contributed by atoms with E-state index in [-0.39, 0.29) is 17.9 Å². The van der Waals surface area contributed by atoms with Crippen molar-refractivity contribution >= 4 is 29.8 Å². The summed E-state index contributed by atoms with van der Waals surface area (Å²) in [6.07, 6.45) is 3.66. The van der Waals surface area contributed by atoms with Crippen molar-refractivity contribution in [3.05, 3.63) is 22.5 Å². The number of aryl methyl sites for hydroxylation is 1. The SMILES string of the molecule is CCOC(=O)c1c(C)[nH]c(C(=O)OCC(=O)NN2C(=O)NC3(CCCCC3)C2=O)c1C. The minimum atomic E-state index is -0.971. The molecule has 1 saturated carbocycles. The van der Waals surface area contributed by atoms with Crippen molar-refractivity contribution < 1.29 is 33.4 Å². The van der Waals surface area contributed by atoms with E-state index in [0.717, 1.165) is 19.3 Å². The van der Waals surface area contributed by atoms with E-state index in [1.807, 2.05) is 0 Å². The number of aromatic nitrogens is 1. The van der Waals surface area contributed by atoms with Crippen LogP contribution in [0.4, 0.5) is 4.79 Å². The molecule has 0 radical (unpaired) electrons. The minimum Gasteiger partial charge on any atom is -0.462 e. The molecule has 0 unspecified atom stereocenters. The van der Waals surface area contributed by atoms with Crippen LogP contribution < -0.4 is 10.7 Å². The molecule has 4 amide bonds. The lowest BCUT2D eigenvalue weighted by atomic mass is 9.82. The molecule has 11 nitrogen and oxygen atoms in total. The molecule has 1 saturated heterocycles. The molecular formula is C20H26N4O7. The number of hydrazine groups is 1. The lowest BCUT2D eigenvalue weighted by Crippen LogP contribution is -2.51. The predicted molar refractivity (Wildman–Crippen MR) is 106 cm³/mol. The molecule has 1 aliphatic carbocycles. The first-order valence-corrected chi connectivity index (χ1v) is 10.2. The van der Waals surface area contributed by atoms with Crippen molar-refractivity contribution in [1.29, 1.82) is 0 Å². The number of hydrogen-bond donors (Lipinski definition) is 3. The van der Waals surface area contributed by atoms with Crippen molar-refractivity contribution in [3.8, 4) is 0 Å². The number of nitrogens with one attached hydrogen (secondary N) is 3. The number of ether oxygens (including phenoxy) is 2. The lowest BCUT2D eigenvalue weighted by Gasteiger charge is -2.30. The van der Waals surface area contributed by atoms with Crippen molar-refractivity contribution in [2.45, 2.75) is 58.4 Å². The van der Waals surface area contributed by atoms with Gasteiger partial charge in [-0.1, -0.05) is 19.3 Å². The fourth-order valence-electron chi connectivity index (χ4n) is 4.04. The average molecular weight is 434 g/mol. The average Bonchev–Trinajstić information content (AvgIpc) is 3.14. The van der Waals surface area contributed by atoms with E-state index in [1.54, 1.807) is 20.8 Å². The summed E-state index contributed by atoms with van der Waals surface area (Å²) in [7, 11) is 0. The molecule has 1 spiro atoms. The third-order valence-electron chi connectivity index (χ3n) is 5.56. The number of aromatic amines is 1. The van der Waals surface area contributed by atoms with Gasteiger partial charge in [-0.3, -0.25) is 15.0 Å². The lowest BCUT2D eigenvalue weighted by molar-refractivity contribution is -0.140. The number of urea groups is 1. The van der Waals surface area contributed by atoms with Gasteiger partial charge in [-0.15, -0.1) is 0 Å². The van der Waals surface area contributed by atoms with Gasteiger partial charge in [0.2, 0.25) is 0 Å². The van der Waals surface area contributed by atoms with Gasteiger partial charge in [0, 0.05) is 5.69 Å². The van der Waals surface area contributed by atoms with Crippen LogP contribution in [0.3, 0.4) is 0 Å². The van der Waals surface area contributed by atoms with Gasteiger partial charge >= 0.3 is 18.0 Å². The molecule has 168 valence electrons. The normalized spacial score (nSPS) is 17.5. The van der Waals surface area contributed by atoms with E-state index in [1.165, 1.54) is 0 Å². The summed E-state index contributed by atoms with van der Waals surface area (Å²) in [5, 5.41) is 3.31. The Morgan fingerprint density at radius 1 is 1.06 bits per heavy atom. The van der Waals surface area contributed by atoms with E-state index < -0.39 is 41.9 Å². The number of H-pyrrole nitrogens is 1. The Morgan fingerprint density at radius 2 is 1.74 bits per heavy atom. The Balaban J connectivity index is 1.59. The Labute approximate surface area is 178 Å². The maximum Gasteiger partial charge on any atom is 0.355 e. The minimum absolute atomic E-state index is 0.0181. The first kappa shape index (κ1) is 22.3. The molecule has 1 aromatic rings. The maximum atomic E-state index is 12.7. The summed E-state index contributed by atoms with van der Waals surface area (Å²) in [6.45, 7) is 4.32. The van der Waals surface area contributed by atoms with E-state index in [2.05, 4.69) is 15.7 Å². The quantitative estimate of drug-likeness (QED) is 0.451.